The number of hydrogen-bond acceptors (Lipinski definition) is 5. The van der Waals surface area contributed by atoms with E-state index >= 15 is 0 Å². The first-order valence-electron chi connectivity index (χ1n) is 3.58. The molecule has 6 atom stereocenters. The van der Waals surface area contributed by atoms with E-state index in [1.54, 1.807) is 0 Å². The second kappa shape index (κ2) is 2.15. The molecule has 64 valence electrons. The summed E-state index contributed by atoms with van der Waals surface area (Å²) in [6.07, 6.45) is -3.89. The SMILES string of the molecule is N[C@@H]1[C@H](O)[C@@H](O)[C@H](O)[C@H]2O[C@@H]12. The molecule has 2 aliphatic rings. The Hall–Kier alpha value is -0.200. The van der Waals surface area contributed by atoms with E-state index in [9.17, 15) is 10.2 Å². The van der Waals surface area contributed by atoms with Gasteiger partial charge in [-0.25, -0.2) is 0 Å². The van der Waals surface area contributed by atoms with E-state index in [2.05, 4.69) is 0 Å². The molecule has 0 aromatic heterocycles. The molecular weight excluding hydrogens is 150 g/mol. The highest BCUT2D eigenvalue weighted by Crippen LogP contribution is 2.36. The van der Waals surface area contributed by atoms with E-state index in [-0.39, 0.29) is 12.2 Å². The molecule has 0 amide bonds. The van der Waals surface area contributed by atoms with Gasteiger partial charge in [-0.2, -0.15) is 0 Å². The zero-order valence-corrected chi connectivity index (χ0v) is 5.79. The minimum atomic E-state index is -1.17. The Morgan fingerprint density at radius 3 is 2.18 bits per heavy atom. The predicted molar refractivity (Wildman–Crippen MR) is 34.7 cm³/mol. The Labute approximate surface area is 63.4 Å². The first-order chi connectivity index (χ1) is 5.13. The molecule has 1 aliphatic heterocycles. The van der Waals surface area contributed by atoms with E-state index in [4.69, 9.17) is 15.6 Å². The quantitative estimate of drug-likeness (QED) is 0.287. The van der Waals surface area contributed by atoms with Crippen LogP contribution in [0.3, 0.4) is 0 Å². The highest BCUT2D eigenvalue weighted by atomic mass is 16.6. The van der Waals surface area contributed by atoms with Crippen LogP contribution >= 0.6 is 0 Å². The van der Waals surface area contributed by atoms with E-state index in [1.165, 1.54) is 0 Å². The summed E-state index contributed by atoms with van der Waals surface area (Å²) < 4.78 is 4.95. The summed E-state index contributed by atoms with van der Waals surface area (Å²) >= 11 is 0. The van der Waals surface area contributed by atoms with Crippen molar-refractivity contribution >= 4 is 0 Å². The zero-order chi connectivity index (χ0) is 8.17. The zero-order valence-electron chi connectivity index (χ0n) is 5.79. The molecule has 5 heteroatoms. The predicted octanol–water partition coefficient (Wildman–Crippen LogP) is -2.82. The Morgan fingerprint density at radius 1 is 0.909 bits per heavy atom. The highest BCUT2D eigenvalue weighted by molar-refractivity contribution is 5.09. The number of aliphatic hydroxyl groups is 3. The molecule has 0 spiro atoms. The topological polar surface area (TPSA) is 99.2 Å². The van der Waals surface area contributed by atoms with Crippen molar-refractivity contribution in [1.82, 2.24) is 0 Å². The van der Waals surface area contributed by atoms with Gasteiger partial charge in [-0.15, -0.1) is 0 Å². The average Bonchev–Trinajstić information content (AvgIpc) is 2.76. The number of ether oxygens (including phenoxy) is 1. The first-order valence-corrected chi connectivity index (χ1v) is 3.58. The molecule has 2 rings (SSSR count). The van der Waals surface area contributed by atoms with Crippen LogP contribution in [-0.4, -0.2) is 51.9 Å². The standard InChI is InChI=1S/C6H11NO4/c7-1-2(8)3(9)4(10)6-5(1)11-6/h1-6,8-10H,7H2/t1-,2+,3-,4+,5+,6-/m1/s1. The van der Waals surface area contributed by atoms with Crippen molar-refractivity contribution in [2.45, 2.75) is 36.6 Å². The Bertz CT molecular complexity index is 158. The lowest BCUT2D eigenvalue weighted by atomic mass is 9.88. The minimum Gasteiger partial charge on any atom is -0.389 e. The maximum Gasteiger partial charge on any atom is 0.114 e. The molecule has 1 saturated carbocycles. The Balaban J connectivity index is 2.13. The van der Waals surface area contributed by atoms with Gasteiger partial charge in [-0.3, -0.25) is 0 Å². The maximum absolute atomic E-state index is 9.20. The highest BCUT2D eigenvalue weighted by Gasteiger charge is 2.58. The molecule has 0 aromatic carbocycles. The first kappa shape index (κ1) is 7.45. The Kier molecular flexibility index (Phi) is 1.45. The molecule has 0 aromatic rings. The molecular formula is C6H11NO4. The van der Waals surface area contributed by atoms with Crippen LogP contribution in [0.1, 0.15) is 0 Å². The third-order valence-corrected chi connectivity index (χ3v) is 2.37. The van der Waals surface area contributed by atoms with Crippen molar-refractivity contribution in [3.05, 3.63) is 0 Å². The van der Waals surface area contributed by atoms with Crippen LogP contribution in [-0.2, 0) is 4.74 Å². The van der Waals surface area contributed by atoms with Crippen molar-refractivity contribution < 1.29 is 20.1 Å². The van der Waals surface area contributed by atoms with Gasteiger partial charge in [0.05, 0.1) is 6.04 Å². The lowest BCUT2D eigenvalue weighted by Gasteiger charge is -2.29. The number of rotatable bonds is 0. The van der Waals surface area contributed by atoms with Gasteiger partial charge >= 0.3 is 0 Å². The van der Waals surface area contributed by atoms with Gasteiger partial charge in [0.2, 0.25) is 0 Å². The van der Waals surface area contributed by atoms with E-state index in [1.807, 2.05) is 0 Å². The summed E-state index contributed by atoms with van der Waals surface area (Å²) in [5.41, 5.74) is 5.47. The summed E-state index contributed by atoms with van der Waals surface area (Å²) in [4.78, 5) is 0. The van der Waals surface area contributed by atoms with Crippen molar-refractivity contribution in [2.75, 3.05) is 0 Å². The van der Waals surface area contributed by atoms with Crippen LogP contribution in [0, 0.1) is 0 Å². The molecule has 11 heavy (non-hydrogen) atoms. The van der Waals surface area contributed by atoms with Crippen LogP contribution in [0.4, 0.5) is 0 Å². The fraction of sp³-hybridized carbons (Fsp3) is 1.00. The van der Waals surface area contributed by atoms with E-state index < -0.39 is 24.4 Å². The summed E-state index contributed by atoms with van der Waals surface area (Å²) in [6, 6.07) is -0.571. The molecule has 1 aliphatic carbocycles. The van der Waals surface area contributed by atoms with Gasteiger partial charge in [0.1, 0.15) is 30.5 Å². The normalized spacial score (nSPS) is 62.2. The van der Waals surface area contributed by atoms with Crippen molar-refractivity contribution in [1.29, 1.82) is 0 Å². The monoisotopic (exact) mass is 161 g/mol. The summed E-state index contributed by atoms with van der Waals surface area (Å²) in [5.74, 6) is 0. The molecule has 2 fully saturated rings. The van der Waals surface area contributed by atoms with Crippen molar-refractivity contribution in [3.8, 4) is 0 Å². The van der Waals surface area contributed by atoms with Crippen LogP contribution in [0.2, 0.25) is 0 Å². The third kappa shape index (κ3) is 0.896. The van der Waals surface area contributed by atoms with Crippen LogP contribution in [0.15, 0.2) is 0 Å². The second-order valence-electron chi connectivity index (χ2n) is 3.11. The molecule has 1 heterocycles. The van der Waals surface area contributed by atoms with Crippen LogP contribution in [0.5, 0.6) is 0 Å². The average molecular weight is 161 g/mol. The summed E-state index contributed by atoms with van der Waals surface area (Å²) in [7, 11) is 0. The number of fused-ring (bicyclic) bond motifs is 1. The fourth-order valence-corrected chi connectivity index (χ4v) is 1.54. The van der Waals surface area contributed by atoms with Crippen LogP contribution < -0.4 is 5.73 Å². The molecule has 0 bridgehead atoms. The van der Waals surface area contributed by atoms with Crippen LogP contribution in [0.25, 0.3) is 0 Å². The molecule has 0 unspecified atom stereocenters. The number of hydrogen-bond donors (Lipinski definition) is 4. The second-order valence-corrected chi connectivity index (χ2v) is 3.11. The van der Waals surface area contributed by atoms with Gasteiger partial charge in [0, 0.05) is 0 Å². The maximum atomic E-state index is 9.20. The molecule has 0 radical (unpaired) electrons. The van der Waals surface area contributed by atoms with Gasteiger partial charge in [0.25, 0.3) is 0 Å². The van der Waals surface area contributed by atoms with Gasteiger partial charge in [-0.05, 0) is 0 Å². The van der Waals surface area contributed by atoms with E-state index in [0.717, 1.165) is 0 Å². The largest absolute Gasteiger partial charge is 0.389 e. The van der Waals surface area contributed by atoms with Gasteiger partial charge in [-0.1, -0.05) is 0 Å². The minimum absolute atomic E-state index is 0.275. The number of epoxide rings is 1. The molecule has 5 nitrogen and oxygen atoms in total. The van der Waals surface area contributed by atoms with Gasteiger partial charge in [0.15, 0.2) is 0 Å². The summed E-state index contributed by atoms with van der Waals surface area (Å²) in [5, 5.41) is 27.5. The number of aliphatic hydroxyl groups excluding tert-OH is 3. The van der Waals surface area contributed by atoms with E-state index in [0.29, 0.717) is 0 Å². The van der Waals surface area contributed by atoms with Crippen molar-refractivity contribution in [3.63, 3.8) is 0 Å². The molecule has 5 N–H and O–H groups in total. The number of nitrogens with two attached hydrogens (primary N) is 1. The summed E-state index contributed by atoms with van der Waals surface area (Å²) in [6.45, 7) is 0. The third-order valence-electron chi connectivity index (χ3n) is 2.37. The fourth-order valence-electron chi connectivity index (χ4n) is 1.54. The van der Waals surface area contributed by atoms with Gasteiger partial charge < -0.3 is 25.8 Å². The smallest absolute Gasteiger partial charge is 0.114 e. The lowest BCUT2D eigenvalue weighted by molar-refractivity contribution is -0.0825. The van der Waals surface area contributed by atoms with Crippen molar-refractivity contribution in [2.24, 2.45) is 5.73 Å². The Morgan fingerprint density at radius 2 is 1.55 bits per heavy atom. The molecule has 1 saturated heterocycles. The lowest BCUT2D eigenvalue weighted by Crippen LogP contribution is -2.57.